The average molecular weight is 247 g/mol. The Morgan fingerprint density at radius 3 is 2.83 bits per heavy atom. The van der Waals surface area contributed by atoms with Crippen molar-refractivity contribution in [3.63, 3.8) is 0 Å². The highest BCUT2D eigenvalue weighted by molar-refractivity contribution is 5.46. The first-order valence-corrected chi connectivity index (χ1v) is 6.48. The Balaban J connectivity index is 2.86. The standard InChI is InChI=1S/C15H21NO2/c1-3-12(2)7-8-14-13(11-16)5-4-6-15(14)18-10-9-17/h4-6,12,17H,3,7-10H2,1-2H3. The molecule has 0 fully saturated rings. The molecule has 1 aromatic rings. The number of hydrogen-bond donors (Lipinski definition) is 1. The number of rotatable bonds is 7. The largest absolute Gasteiger partial charge is 0.491 e. The molecule has 0 saturated heterocycles. The average Bonchev–Trinajstić information content (AvgIpc) is 2.42. The molecule has 1 aromatic carbocycles. The van der Waals surface area contributed by atoms with E-state index in [1.54, 1.807) is 0 Å². The molecule has 1 N–H and O–H groups in total. The molecule has 0 spiro atoms. The molecule has 0 aromatic heterocycles. The normalized spacial score (nSPS) is 11.9. The third kappa shape index (κ3) is 4.05. The Bertz CT molecular complexity index is 409. The lowest BCUT2D eigenvalue weighted by Gasteiger charge is -2.14. The summed E-state index contributed by atoms with van der Waals surface area (Å²) in [6.07, 6.45) is 3.03. The fourth-order valence-corrected chi connectivity index (χ4v) is 1.81. The zero-order valence-electron chi connectivity index (χ0n) is 11.1. The van der Waals surface area contributed by atoms with Gasteiger partial charge in [-0.05, 0) is 30.9 Å². The lowest BCUT2D eigenvalue weighted by atomic mass is 9.96. The molecule has 0 heterocycles. The maximum Gasteiger partial charge on any atom is 0.123 e. The van der Waals surface area contributed by atoms with Crippen molar-refractivity contribution in [1.29, 1.82) is 5.26 Å². The van der Waals surface area contributed by atoms with Crippen molar-refractivity contribution in [2.24, 2.45) is 5.92 Å². The van der Waals surface area contributed by atoms with Gasteiger partial charge in [0.15, 0.2) is 0 Å². The molecule has 0 bridgehead atoms. The first-order chi connectivity index (χ1) is 8.72. The van der Waals surface area contributed by atoms with Crippen molar-refractivity contribution in [3.8, 4) is 11.8 Å². The minimum atomic E-state index is -0.0123. The van der Waals surface area contributed by atoms with Crippen LogP contribution in [0.2, 0.25) is 0 Å². The van der Waals surface area contributed by atoms with E-state index >= 15 is 0 Å². The Morgan fingerprint density at radius 2 is 2.22 bits per heavy atom. The van der Waals surface area contributed by atoms with Crippen LogP contribution in [0.3, 0.4) is 0 Å². The van der Waals surface area contributed by atoms with Crippen LogP contribution < -0.4 is 4.74 Å². The van der Waals surface area contributed by atoms with Crippen molar-refractivity contribution in [2.45, 2.75) is 33.1 Å². The van der Waals surface area contributed by atoms with Crippen LogP contribution in [-0.2, 0) is 6.42 Å². The third-order valence-electron chi connectivity index (χ3n) is 3.19. The number of nitriles is 1. The minimum Gasteiger partial charge on any atom is -0.491 e. The molecule has 1 atom stereocenters. The summed E-state index contributed by atoms with van der Waals surface area (Å²) in [7, 11) is 0. The Morgan fingerprint density at radius 1 is 1.44 bits per heavy atom. The molecule has 0 saturated carbocycles. The highest BCUT2D eigenvalue weighted by atomic mass is 16.5. The van der Waals surface area contributed by atoms with Crippen molar-refractivity contribution < 1.29 is 9.84 Å². The first-order valence-electron chi connectivity index (χ1n) is 6.48. The maximum atomic E-state index is 9.14. The zero-order chi connectivity index (χ0) is 13.4. The molecule has 0 amide bonds. The predicted molar refractivity (Wildman–Crippen MR) is 71.5 cm³/mol. The van der Waals surface area contributed by atoms with Crippen LogP contribution in [0.15, 0.2) is 18.2 Å². The molecule has 18 heavy (non-hydrogen) atoms. The van der Waals surface area contributed by atoms with E-state index in [-0.39, 0.29) is 13.2 Å². The van der Waals surface area contributed by atoms with E-state index in [1.807, 2.05) is 18.2 Å². The van der Waals surface area contributed by atoms with E-state index in [9.17, 15) is 0 Å². The summed E-state index contributed by atoms with van der Waals surface area (Å²) in [6, 6.07) is 7.71. The third-order valence-corrected chi connectivity index (χ3v) is 3.19. The Hall–Kier alpha value is -1.53. The Kier molecular flexibility index (Phi) is 6.24. The second kappa shape index (κ2) is 7.73. The van der Waals surface area contributed by atoms with E-state index in [0.717, 1.165) is 30.6 Å². The molecule has 98 valence electrons. The van der Waals surface area contributed by atoms with Gasteiger partial charge in [-0.2, -0.15) is 5.26 Å². The summed E-state index contributed by atoms with van der Waals surface area (Å²) in [5, 5.41) is 17.9. The van der Waals surface area contributed by atoms with Crippen LogP contribution in [0, 0.1) is 17.2 Å². The van der Waals surface area contributed by atoms with Gasteiger partial charge in [0.05, 0.1) is 18.2 Å². The molecule has 0 aliphatic heterocycles. The van der Waals surface area contributed by atoms with Crippen LogP contribution in [0.4, 0.5) is 0 Å². The van der Waals surface area contributed by atoms with Crippen LogP contribution in [0.1, 0.15) is 37.8 Å². The van der Waals surface area contributed by atoms with Crippen molar-refractivity contribution in [1.82, 2.24) is 0 Å². The summed E-state index contributed by atoms with van der Waals surface area (Å²) in [5.41, 5.74) is 1.64. The van der Waals surface area contributed by atoms with Crippen LogP contribution >= 0.6 is 0 Å². The lowest BCUT2D eigenvalue weighted by molar-refractivity contribution is 0.200. The molecular formula is C15H21NO2. The van der Waals surface area contributed by atoms with Gasteiger partial charge >= 0.3 is 0 Å². The number of benzene rings is 1. The Labute approximate surface area is 109 Å². The van der Waals surface area contributed by atoms with Gasteiger partial charge in [-0.15, -0.1) is 0 Å². The molecule has 0 aliphatic carbocycles. The molecule has 0 radical (unpaired) electrons. The molecule has 3 heteroatoms. The second-order valence-electron chi connectivity index (χ2n) is 4.52. The molecule has 0 aliphatic rings. The summed E-state index contributed by atoms with van der Waals surface area (Å²) in [6.45, 7) is 4.64. The fourth-order valence-electron chi connectivity index (χ4n) is 1.81. The quantitative estimate of drug-likeness (QED) is 0.806. The van der Waals surface area contributed by atoms with Crippen LogP contribution in [0.25, 0.3) is 0 Å². The summed E-state index contributed by atoms with van der Waals surface area (Å²) in [4.78, 5) is 0. The molecule has 1 rings (SSSR count). The highest BCUT2D eigenvalue weighted by Gasteiger charge is 2.10. The van der Waals surface area contributed by atoms with Crippen LogP contribution in [0.5, 0.6) is 5.75 Å². The number of aliphatic hydroxyl groups excluding tert-OH is 1. The van der Waals surface area contributed by atoms with Gasteiger partial charge < -0.3 is 9.84 Å². The van der Waals surface area contributed by atoms with Gasteiger partial charge in [0.2, 0.25) is 0 Å². The van der Waals surface area contributed by atoms with Gasteiger partial charge in [-0.25, -0.2) is 0 Å². The molecule has 3 nitrogen and oxygen atoms in total. The maximum absolute atomic E-state index is 9.14. The summed E-state index contributed by atoms with van der Waals surface area (Å²) < 4.78 is 5.49. The summed E-state index contributed by atoms with van der Waals surface area (Å²) >= 11 is 0. The van der Waals surface area contributed by atoms with Gasteiger partial charge in [-0.3, -0.25) is 0 Å². The molecular weight excluding hydrogens is 226 g/mol. The van der Waals surface area contributed by atoms with E-state index < -0.39 is 0 Å². The topological polar surface area (TPSA) is 53.2 Å². The van der Waals surface area contributed by atoms with Gasteiger partial charge in [0.25, 0.3) is 0 Å². The SMILES string of the molecule is CCC(C)CCc1c(C#N)cccc1OCCO. The predicted octanol–water partition coefficient (Wildman–Crippen LogP) is 2.91. The van der Waals surface area contributed by atoms with Crippen molar-refractivity contribution >= 4 is 0 Å². The van der Waals surface area contributed by atoms with Gasteiger partial charge in [-0.1, -0.05) is 26.3 Å². The van der Waals surface area contributed by atoms with Crippen LogP contribution in [-0.4, -0.2) is 18.3 Å². The lowest BCUT2D eigenvalue weighted by Crippen LogP contribution is -2.06. The fraction of sp³-hybridized carbons (Fsp3) is 0.533. The van der Waals surface area contributed by atoms with E-state index in [0.29, 0.717) is 11.5 Å². The monoisotopic (exact) mass is 247 g/mol. The number of aliphatic hydroxyl groups is 1. The summed E-state index contributed by atoms with van der Waals surface area (Å²) in [5.74, 6) is 1.37. The highest BCUT2D eigenvalue weighted by Crippen LogP contribution is 2.25. The zero-order valence-corrected chi connectivity index (χ0v) is 11.1. The first kappa shape index (κ1) is 14.5. The number of nitrogens with zero attached hydrogens (tertiary/aromatic N) is 1. The van der Waals surface area contributed by atoms with Gasteiger partial charge in [0, 0.05) is 5.56 Å². The van der Waals surface area contributed by atoms with Crippen molar-refractivity contribution in [3.05, 3.63) is 29.3 Å². The smallest absolute Gasteiger partial charge is 0.123 e. The number of hydrogen-bond acceptors (Lipinski definition) is 3. The van der Waals surface area contributed by atoms with Crippen molar-refractivity contribution in [2.75, 3.05) is 13.2 Å². The second-order valence-corrected chi connectivity index (χ2v) is 4.52. The van der Waals surface area contributed by atoms with E-state index in [1.165, 1.54) is 0 Å². The number of ether oxygens (including phenoxy) is 1. The minimum absolute atomic E-state index is 0.0123. The van der Waals surface area contributed by atoms with Gasteiger partial charge in [0.1, 0.15) is 12.4 Å². The van der Waals surface area contributed by atoms with E-state index in [4.69, 9.17) is 15.1 Å². The van der Waals surface area contributed by atoms with E-state index in [2.05, 4.69) is 19.9 Å². The molecule has 1 unspecified atom stereocenters.